The number of imide groups is 1. The molecule has 0 spiro atoms. The first kappa shape index (κ1) is 20.0. The lowest BCUT2D eigenvalue weighted by Gasteiger charge is -2.27. The highest BCUT2D eigenvalue weighted by Gasteiger charge is 2.32. The summed E-state index contributed by atoms with van der Waals surface area (Å²) >= 11 is 0. The van der Waals surface area contributed by atoms with Crippen LogP contribution in [0.15, 0.2) is 36.4 Å². The second kappa shape index (κ2) is 8.97. The van der Waals surface area contributed by atoms with Crippen LogP contribution in [0.4, 0.5) is 0 Å². The van der Waals surface area contributed by atoms with Gasteiger partial charge < -0.3 is 10.2 Å². The fourth-order valence-corrected chi connectivity index (χ4v) is 3.66. The van der Waals surface area contributed by atoms with Gasteiger partial charge in [-0.05, 0) is 43.6 Å². The zero-order valence-electron chi connectivity index (χ0n) is 16.5. The van der Waals surface area contributed by atoms with Crippen molar-refractivity contribution in [3.05, 3.63) is 47.5 Å². The van der Waals surface area contributed by atoms with Crippen molar-refractivity contribution < 1.29 is 14.4 Å². The van der Waals surface area contributed by atoms with Gasteiger partial charge in [-0.15, -0.1) is 0 Å². The highest BCUT2D eigenvalue weighted by Crippen LogP contribution is 2.29. The number of amides is 3. The van der Waals surface area contributed by atoms with Gasteiger partial charge in [0.2, 0.25) is 5.91 Å². The molecular weight excluding hydrogens is 354 g/mol. The molecule has 1 aliphatic heterocycles. The molecule has 148 valence electrons. The second-order valence-corrected chi connectivity index (χ2v) is 6.95. The molecule has 6 heteroatoms. The van der Waals surface area contributed by atoms with Crippen molar-refractivity contribution in [3.8, 4) is 0 Å². The van der Waals surface area contributed by atoms with E-state index >= 15 is 0 Å². The molecule has 1 N–H and O–H groups in total. The number of carbonyl (C=O) groups is 3. The molecule has 3 amide bonds. The molecule has 3 rings (SSSR count). The minimum absolute atomic E-state index is 0.0876. The van der Waals surface area contributed by atoms with Gasteiger partial charge in [-0.2, -0.15) is 0 Å². The van der Waals surface area contributed by atoms with Crippen LogP contribution >= 0.6 is 0 Å². The molecule has 0 aromatic heterocycles. The molecule has 1 heterocycles. The van der Waals surface area contributed by atoms with E-state index in [4.69, 9.17) is 0 Å². The lowest BCUT2D eigenvalue weighted by atomic mass is 9.94. The Kier molecular flexibility index (Phi) is 6.41. The van der Waals surface area contributed by atoms with E-state index in [9.17, 15) is 14.4 Å². The first-order valence-corrected chi connectivity index (χ1v) is 9.93. The van der Waals surface area contributed by atoms with Crippen LogP contribution < -0.4 is 5.32 Å². The molecule has 0 radical (unpaired) electrons. The maximum atomic E-state index is 12.8. The van der Waals surface area contributed by atoms with Crippen molar-refractivity contribution in [1.82, 2.24) is 15.1 Å². The van der Waals surface area contributed by atoms with E-state index in [2.05, 4.69) is 24.1 Å². The summed E-state index contributed by atoms with van der Waals surface area (Å²) in [6.45, 7) is 7.86. The number of benzene rings is 2. The van der Waals surface area contributed by atoms with Crippen LogP contribution in [0.3, 0.4) is 0 Å². The molecule has 0 saturated carbocycles. The van der Waals surface area contributed by atoms with Crippen LogP contribution in [0.5, 0.6) is 0 Å². The van der Waals surface area contributed by atoms with Gasteiger partial charge in [-0.3, -0.25) is 19.3 Å². The van der Waals surface area contributed by atoms with Crippen LogP contribution in [0.1, 0.15) is 47.4 Å². The number of hydrogen-bond donors (Lipinski definition) is 1. The average molecular weight is 381 g/mol. The third-order valence-electron chi connectivity index (χ3n) is 5.29. The average Bonchev–Trinajstić information content (AvgIpc) is 2.72. The molecule has 0 aliphatic carbocycles. The van der Waals surface area contributed by atoms with Crippen LogP contribution in [0, 0.1) is 0 Å². The van der Waals surface area contributed by atoms with E-state index in [1.165, 1.54) is 4.90 Å². The smallest absolute Gasteiger partial charge is 0.261 e. The lowest BCUT2D eigenvalue weighted by molar-refractivity contribution is -0.121. The molecule has 6 nitrogen and oxygen atoms in total. The Balaban J connectivity index is 1.58. The number of nitrogens with zero attached hydrogens (tertiary/aromatic N) is 2. The summed E-state index contributed by atoms with van der Waals surface area (Å²) in [5.41, 5.74) is 1.04. The van der Waals surface area contributed by atoms with Gasteiger partial charge in [0.15, 0.2) is 0 Å². The minimum atomic E-state index is -0.330. The number of carbonyl (C=O) groups excluding carboxylic acids is 3. The zero-order valence-corrected chi connectivity index (χ0v) is 16.5. The standard InChI is InChI=1S/C22H27N3O3/c1-3-24(4-2)14-7-13-23-19(26)12-15-25-21(27)17-10-5-8-16-9-6-11-18(20(16)17)22(25)28/h5-6,8-11H,3-4,7,12-15H2,1-2H3,(H,23,26). The molecule has 0 saturated heterocycles. The summed E-state index contributed by atoms with van der Waals surface area (Å²) < 4.78 is 0. The first-order chi connectivity index (χ1) is 13.6. The largest absolute Gasteiger partial charge is 0.356 e. The molecule has 0 unspecified atom stereocenters. The predicted molar refractivity (Wildman–Crippen MR) is 109 cm³/mol. The fourth-order valence-electron chi connectivity index (χ4n) is 3.66. The van der Waals surface area contributed by atoms with Crippen LogP contribution in [-0.2, 0) is 4.79 Å². The third-order valence-corrected chi connectivity index (χ3v) is 5.29. The van der Waals surface area contributed by atoms with Gasteiger partial charge >= 0.3 is 0 Å². The van der Waals surface area contributed by atoms with E-state index in [-0.39, 0.29) is 30.7 Å². The Morgan fingerprint density at radius 2 is 1.61 bits per heavy atom. The van der Waals surface area contributed by atoms with Crippen LogP contribution in [-0.4, -0.2) is 60.2 Å². The Hall–Kier alpha value is -2.73. The predicted octanol–water partition coefficient (Wildman–Crippen LogP) is 2.67. The molecule has 2 aromatic rings. The Labute approximate surface area is 165 Å². The fraction of sp³-hybridized carbons (Fsp3) is 0.409. The second-order valence-electron chi connectivity index (χ2n) is 6.95. The zero-order chi connectivity index (χ0) is 20.1. The van der Waals surface area contributed by atoms with Gasteiger partial charge in [-0.25, -0.2) is 0 Å². The Bertz CT molecular complexity index is 839. The highest BCUT2D eigenvalue weighted by molar-refractivity contribution is 6.25. The molecule has 2 aromatic carbocycles. The topological polar surface area (TPSA) is 69.7 Å². The van der Waals surface area contributed by atoms with Crippen molar-refractivity contribution in [2.24, 2.45) is 0 Å². The van der Waals surface area contributed by atoms with Crippen molar-refractivity contribution in [2.75, 3.05) is 32.7 Å². The first-order valence-electron chi connectivity index (χ1n) is 9.93. The van der Waals surface area contributed by atoms with Gasteiger partial charge in [0.1, 0.15) is 0 Å². The Morgan fingerprint density at radius 1 is 1.00 bits per heavy atom. The molecule has 28 heavy (non-hydrogen) atoms. The maximum Gasteiger partial charge on any atom is 0.261 e. The molecule has 1 aliphatic rings. The summed E-state index contributed by atoms with van der Waals surface area (Å²) in [6.07, 6.45) is 0.991. The number of hydrogen-bond acceptors (Lipinski definition) is 4. The Morgan fingerprint density at radius 3 is 2.18 bits per heavy atom. The van der Waals surface area contributed by atoms with Gasteiger partial charge in [0.05, 0.1) is 0 Å². The lowest BCUT2D eigenvalue weighted by Crippen LogP contribution is -2.42. The van der Waals surface area contributed by atoms with E-state index in [1.807, 2.05) is 24.3 Å². The highest BCUT2D eigenvalue weighted by atomic mass is 16.2. The minimum Gasteiger partial charge on any atom is -0.356 e. The van der Waals surface area contributed by atoms with E-state index in [1.54, 1.807) is 12.1 Å². The summed E-state index contributed by atoms with van der Waals surface area (Å²) in [6, 6.07) is 10.9. The normalized spacial score (nSPS) is 13.5. The quantitative estimate of drug-likeness (QED) is 0.536. The maximum absolute atomic E-state index is 12.8. The van der Waals surface area contributed by atoms with Crippen molar-refractivity contribution in [3.63, 3.8) is 0 Å². The van der Waals surface area contributed by atoms with E-state index < -0.39 is 0 Å². The summed E-state index contributed by atoms with van der Waals surface area (Å²) in [4.78, 5) is 41.2. The summed E-state index contributed by atoms with van der Waals surface area (Å²) in [7, 11) is 0. The third kappa shape index (κ3) is 4.07. The van der Waals surface area contributed by atoms with Crippen molar-refractivity contribution >= 4 is 28.5 Å². The number of nitrogens with one attached hydrogen (secondary N) is 1. The monoisotopic (exact) mass is 381 g/mol. The van der Waals surface area contributed by atoms with E-state index in [0.717, 1.165) is 31.4 Å². The molecular formula is C22H27N3O3. The molecule has 0 atom stereocenters. The van der Waals surface area contributed by atoms with Crippen molar-refractivity contribution in [2.45, 2.75) is 26.7 Å². The van der Waals surface area contributed by atoms with Crippen LogP contribution in [0.2, 0.25) is 0 Å². The summed E-state index contributed by atoms with van der Waals surface area (Å²) in [5, 5.41) is 4.46. The van der Waals surface area contributed by atoms with Gasteiger partial charge in [0, 0.05) is 36.0 Å². The SMILES string of the molecule is CCN(CC)CCCNC(=O)CCN1C(=O)c2cccc3cccc(c23)C1=O. The molecule has 0 bridgehead atoms. The van der Waals surface area contributed by atoms with E-state index in [0.29, 0.717) is 23.1 Å². The van der Waals surface area contributed by atoms with Gasteiger partial charge in [0.25, 0.3) is 11.8 Å². The van der Waals surface area contributed by atoms with Crippen molar-refractivity contribution in [1.29, 1.82) is 0 Å². The van der Waals surface area contributed by atoms with Gasteiger partial charge in [-0.1, -0.05) is 38.1 Å². The number of rotatable bonds is 9. The molecule has 0 fully saturated rings. The summed E-state index contributed by atoms with van der Waals surface area (Å²) in [5.74, 6) is -0.801. The van der Waals surface area contributed by atoms with Crippen LogP contribution in [0.25, 0.3) is 10.8 Å².